The molecular formula is C18H13N5O. The van der Waals surface area contributed by atoms with Gasteiger partial charge in [0.1, 0.15) is 30.2 Å². The highest BCUT2D eigenvalue weighted by atomic mass is 16.5. The summed E-state index contributed by atoms with van der Waals surface area (Å²) < 4.78 is 7.36. The smallest absolute Gasteiger partial charge is 0.134 e. The van der Waals surface area contributed by atoms with Crippen LogP contribution in [0.15, 0.2) is 54.7 Å². The van der Waals surface area contributed by atoms with E-state index in [0.29, 0.717) is 29.1 Å². The maximum atomic E-state index is 9.02. The fourth-order valence-corrected chi connectivity index (χ4v) is 2.21. The molecule has 3 rings (SSSR count). The van der Waals surface area contributed by atoms with Gasteiger partial charge in [-0.1, -0.05) is 35.5 Å². The molecule has 24 heavy (non-hydrogen) atoms. The summed E-state index contributed by atoms with van der Waals surface area (Å²) in [6.45, 7) is 0.884. The molecule has 0 saturated heterocycles. The number of nitriles is 2. The van der Waals surface area contributed by atoms with E-state index in [0.717, 1.165) is 5.56 Å². The van der Waals surface area contributed by atoms with E-state index in [4.69, 9.17) is 15.3 Å². The van der Waals surface area contributed by atoms with Crippen LogP contribution >= 0.6 is 0 Å². The zero-order valence-corrected chi connectivity index (χ0v) is 12.8. The van der Waals surface area contributed by atoms with E-state index >= 15 is 0 Å². The molecule has 3 aromatic rings. The average molecular weight is 315 g/mol. The fraction of sp³-hybridized carbons (Fsp3) is 0.111. The minimum absolute atomic E-state index is 0.242. The van der Waals surface area contributed by atoms with Crippen molar-refractivity contribution in [3.05, 3.63) is 77.1 Å². The summed E-state index contributed by atoms with van der Waals surface area (Å²) in [4.78, 5) is 0. The lowest BCUT2D eigenvalue weighted by Gasteiger charge is -2.04. The first-order chi connectivity index (χ1) is 11.8. The van der Waals surface area contributed by atoms with Crippen LogP contribution in [0, 0.1) is 22.7 Å². The van der Waals surface area contributed by atoms with Gasteiger partial charge in [-0.15, -0.1) is 5.10 Å². The van der Waals surface area contributed by atoms with Gasteiger partial charge in [-0.25, -0.2) is 4.68 Å². The molecule has 1 aromatic heterocycles. The number of benzene rings is 2. The van der Waals surface area contributed by atoms with E-state index in [-0.39, 0.29) is 6.61 Å². The molecule has 0 aliphatic rings. The molecule has 0 atom stereocenters. The van der Waals surface area contributed by atoms with E-state index in [1.807, 2.05) is 48.7 Å². The second kappa shape index (κ2) is 7.08. The lowest BCUT2D eigenvalue weighted by molar-refractivity contribution is 0.301. The SMILES string of the molecule is N#Cc1ccc(OCc2cn(Cc3ccccc3)nn2)cc1C#N. The van der Waals surface area contributed by atoms with Crippen LogP contribution in [0.3, 0.4) is 0 Å². The van der Waals surface area contributed by atoms with E-state index in [2.05, 4.69) is 10.3 Å². The molecule has 0 aliphatic heterocycles. The van der Waals surface area contributed by atoms with Crippen LogP contribution in [0.2, 0.25) is 0 Å². The van der Waals surface area contributed by atoms with E-state index in [9.17, 15) is 0 Å². The molecule has 0 fully saturated rings. The molecule has 2 aromatic carbocycles. The summed E-state index contributed by atoms with van der Waals surface area (Å²) in [6.07, 6.45) is 1.82. The zero-order valence-electron chi connectivity index (χ0n) is 12.8. The van der Waals surface area contributed by atoms with Gasteiger partial charge in [0.2, 0.25) is 0 Å². The van der Waals surface area contributed by atoms with Gasteiger partial charge in [0.05, 0.1) is 23.9 Å². The molecule has 1 heterocycles. The summed E-state index contributed by atoms with van der Waals surface area (Å²) >= 11 is 0. The lowest BCUT2D eigenvalue weighted by Crippen LogP contribution is -2.00. The molecule has 0 saturated carbocycles. The summed E-state index contributed by atoms with van der Waals surface area (Å²) in [6, 6.07) is 18.7. The van der Waals surface area contributed by atoms with Crippen molar-refractivity contribution in [1.29, 1.82) is 10.5 Å². The topological polar surface area (TPSA) is 87.5 Å². The third-order valence-electron chi connectivity index (χ3n) is 3.39. The summed E-state index contributed by atoms with van der Waals surface area (Å²) in [7, 11) is 0. The lowest BCUT2D eigenvalue weighted by atomic mass is 10.1. The first kappa shape index (κ1) is 15.3. The Balaban J connectivity index is 1.64. The van der Waals surface area contributed by atoms with E-state index in [1.165, 1.54) is 0 Å². The molecule has 6 heteroatoms. The Bertz CT molecular complexity index is 919. The fourth-order valence-electron chi connectivity index (χ4n) is 2.21. The summed E-state index contributed by atoms with van der Waals surface area (Å²) in [5.74, 6) is 0.517. The normalized spacial score (nSPS) is 9.92. The molecule has 0 spiro atoms. The highest BCUT2D eigenvalue weighted by Crippen LogP contribution is 2.17. The Morgan fingerprint density at radius 3 is 2.54 bits per heavy atom. The van der Waals surface area contributed by atoms with Gasteiger partial charge in [0.15, 0.2) is 0 Å². The molecule has 0 amide bonds. The molecule has 0 bridgehead atoms. The largest absolute Gasteiger partial charge is 0.487 e. The minimum Gasteiger partial charge on any atom is -0.487 e. The quantitative estimate of drug-likeness (QED) is 0.722. The van der Waals surface area contributed by atoms with Crippen LogP contribution in [0.1, 0.15) is 22.4 Å². The zero-order chi connectivity index (χ0) is 16.8. The third-order valence-corrected chi connectivity index (χ3v) is 3.39. The van der Waals surface area contributed by atoms with Crippen LogP contribution < -0.4 is 4.74 Å². The second-order valence-electron chi connectivity index (χ2n) is 5.11. The van der Waals surface area contributed by atoms with Crippen molar-refractivity contribution in [3.63, 3.8) is 0 Å². The standard InChI is InChI=1S/C18H13N5O/c19-9-15-6-7-18(8-16(15)10-20)24-13-17-12-23(22-21-17)11-14-4-2-1-3-5-14/h1-8,12H,11,13H2. The van der Waals surface area contributed by atoms with Gasteiger partial charge in [0, 0.05) is 0 Å². The van der Waals surface area contributed by atoms with Crippen LogP contribution in [0.4, 0.5) is 0 Å². The van der Waals surface area contributed by atoms with E-state index < -0.39 is 0 Å². The van der Waals surface area contributed by atoms with Gasteiger partial charge in [-0.3, -0.25) is 0 Å². The van der Waals surface area contributed by atoms with Gasteiger partial charge in [0.25, 0.3) is 0 Å². The molecule has 0 N–H and O–H groups in total. The predicted molar refractivity (Wildman–Crippen MR) is 85.8 cm³/mol. The highest BCUT2D eigenvalue weighted by Gasteiger charge is 2.06. The van der Waals surface area contributed by atoms with E-state index in [1.54, 1.807) is 22.9 Å². The maximum absolute atomic E-state index is 9.02. The number of rotatable bonds is 5. The predicted octanol–water partition coefficient (Wildman–Crippen LogP) is 2.65. The number of aromatic nitrogens is 3. The summed E-state index contributed by atoms with van der Waals surface area (Å²) in [5, 5.41) is 26.1. The second-order valence-corrected chi connectivity index (χ2v) is 5.11. The highest BCUT2D eigenvalue weighted by molar-refractivity contribution is 5.49. The van der Waals surface area contributed by atoms with Crippen LogP contribution in [0.5, 0.6) is 5.75 Å². The molecule has 6 nitrogen and oxygen atoms in total. The van der Waals surface area contributed by atoms with Crippen molar-refractivity contribution in [2.24, 2.45) is 0 Å². The number of ether oxygens (including phenoxy) is 1. The van der Waals surface area contributed by atoms with Crippen molar-refractivity contribution < 1.29 is 4.74 Å². The van der Waals surface area contributed by atoms with Crippen LogP contribution in [-0.2, 0) is 13.2 Å². The Labute approximate surface area is 139 Å². The third kappa shape index (κ3) is 3.57. The van der Waals surface area contributed by atoms with Gasteiger partial charge < -0.3 is 4.74 Å². The molecule has 116 valence electrons. The Morgan fingerprint density at radius 1 is 1.00 bits per heavy atom. The number of hydrogen-bond acceptors (Lipinski definition) is 5. The van der Waals surface area contributed by atoms with Crippen LogP contribution in [0.25, 0.3) is 0 Å². The number of hydrogen-bond donors (Lipinski definition) is 0. The molecule has 0 aliphatic carbocycles. The van der Waals surface area contributed by atoms with Crippen molar-refractivity contribution in [3.8, 4) is 17.9 Å². The first-order valence-electron chi connectivity index (χ1n) is 7.28. The van der Waals surface area contributed by atoms with Crippen molar-refractivity contribution in [1.82, 2.24) is 15.0 Å². The van der Waals surface area contributed by atoms with Crippen molar-refractivity contribution >= 4 is 0 Å². The van der Waals surface area contributed by atoms with Gasteiger partial charge in [-0.05, 0) is 23.8 Å². The van der Waals surface area contributed by atoms with Gasteiger partial charge >= 0.3 is 0 Å². The first-order valence-corrected chi connectivity index (χ1v) is 7.28. The Hall–Kier alpha value is -3.64. The molecule has 0 unspecified atom stereocenters. The maximum Gasteiger partial charge on any atom is 0.134 e. The average Bonchev–Trinajstić information content (AvgIpc) is 3.08. The van der Waals surface area contributed by atoms with Crippen LogP contribution in [-0.4, -0.2) is 15.0 Å². The minimum atomic E-state index is 0.242. The molecular weight excluding hydrogens is 302 g/mol. The van der Waals surface area contributed by atoms with Gasteiger partial charge in [-0.2, -0.15) is 10.5 Å². The van der Waals surface area contributed by atoms with Crippen molar-refractivity contribution in [2.75, 3.05) is 0 Å². The van der Waals surface area contributed by atoms with Crippen molar-refractivity contribution in [2.45, 2.75) is 13.2 Å². The Kier molecular flexibility index (Phi) is 4.50. The number of nitrogens with zero attached hydrogens (tertiary/aromatic N) is 5. The monoisotopic (exact) mass is 315 g/mol. The molecule has 0 radical (unpaired) electrons. The summed E-state index contributed by atoms with van der Waals surface area (Å²) in [5.41, 5.74) is 2.45. The Morgan fingerprint density at radius 2 is 1.79 bits per heavy atom.